The lowest BCUT2D eigenvalue weighted by Crippen LogP contribution is -2.49. The number of hydrogen-bond acceptors (Lipinski definition) is 5. The summed E-state index contributed by atoms with van der Waals surface area (Å²) in [5, 5.41) is 23.1. The first-order chi connectivity index (χ1) is 15.0. The molecular formula is C24H24N2O4S. The van der Waals surface area contributed by atoms with E-state index in [1.54, 1.807) is 11.3 Å². The van der Waals surface area contributed by atoms with Gasteiger partial charge in [-0.25, -0.2) is 0 Å². The summed E-state index contributed by atoms with van der Waals surface area (Å²) < 4.78 is 0. The first-order valence-electron chi connectivity index (χ1n) is 10.1. The normalized spacial score (nSPS) is 14.7. The highest BCUT2D eigenvalue weighted by molar-refractivity contribution is 7.12. The van der Waals surface area contributed by atoms with Crippen molar-refractivity contribution in [3.8, 4) is 0 Å². The maximum absolute atomic E-state index is 12.5. The van der Waals surface area contributed by atoms with Gasteiger partial charge in [-0.2, -0.15) is 0 Å². The van der Waals surface area contributed by atoms with E-state index in [0.717, 1.165) is 22.4 Å². The minimum absolute atomic E-state index is 0.228. The summed E-state index contributed by atoms with van der Waals surface area (Å²) in [5.74, 6) is -1.42. The van der Waals surface area contributed by atoms with Gasteiger partial charge in [-0.05, 0) is 28.8 Å². The van der Waals surface area contributed by atoms with Gasteiger partial charge in [0.2, 0.25) is 0 Å². The van der Waals surface area contributed by atoms with Crippen LogP contribution in [0, 0.1) is 0 Å². The number of carbonyl (C=O) groups is 2. The van der Waals surface area contributed by atoms with Crippen LogP contribution in [0.4, 0.5) is 0 Å². The molecule has 0 fully saturated rings. The van der Waals surface area contributed by atoms with Crippen molar-refractivity contribution in [3.05, 3.63) is 93.2 Å². The summed E-state index contributed by atoms with van der Waals surface area (Å²) >= 11 is 1.58. The molecule has 0 bridgehead atoms. The van der Waals surface area contributed by atoms with Crippen LogP contribution < -0.4 is 5.32 Å². The van der Waals surface area contributed by atoms with E-state index in [0.29, 0.717) is 13.1 Å². The van der Waals surface area contributed by atoms with E-state index in [2.05, 4.69) is 17.4 Å². The van der Waals surface area contributed by atoms with Crippen molar-refractivity contribution in [1.29, 1.82) is 0 Å². The number of carbonyl (C=O) groups excluding carboxylic acids is 2. The van der Waals surface area contributed by atoms with Crippen molar-refractivity contribution >= 4 is 23.2 Å². The van der Waals surface area contributed by atoms with Gasteiger partial charge in [0, 0.05) is 29.3 Å². The van der Waals surface area contributed by atoms with Gasteiger partial charge in [0.15, 0.2) is 12.2 Å². The molecule has 31 heavy (non-hydrogen) atoms. The Morgan fingerprint density at radius 1 is 0.871 bits per heavy atom. The van der Waals surface area contributed by atoms with Crippen molar-refractivity contribution in [2.75, 3.05) is 0 Å². The van der Waals surface area contributed by atoms with Crippen LogP contribution in [0.1, 0.15) is 26.4 Å². The predicted molar refractivity (Wildman–Crippen MR) is 118 cm³/mol. The maximum atomic E-state index is 12.5. The smallest absolute Gasteiger partial charge is 0.255 e. The lowest BCUT2D eigenvalue weighted by atomic mass is 10.1. The fraction of sp³-hybridized carbons (Fsp3) is 0.250. The van der Waals surface area contributed by atoms with Crippen LogP contribution >= 0.6 is 11.3 Å². The number of rotatable bonds is 7. The second kappa shape index (κ2) is 9.43. The molecule has 0 aliphatic carbocycles. The van der Waals surface area contributed by atoms with Crippen molar-refractivity contribution in [1.82, 2.24) is 10.2 Å². The molecule has 160 valence electrons. The molecule has 0 saturated carbocycles. The first-order valence-corrected chi connectivity index (χ1v) is 10.9. The monoisotopic (exact) mass is 436 g/mol. The summed E-state index contributed by atoms with van der Waals surface area (Å²) in [7, 11) is 0. The zero-order valence-corrected chi connectivity index (χ0v) is 17.7. The fourth-order valence-electron chi connectivity index (χ4n) is 3.64. The number of aliphatic hydroxyl groups is 2. The molecule has 3 N–H and O–H groups in total. The Balaban J connectivity index is 1.28. The van der Waals surface area contributed by atoms with Crippen LogP contribution in [-0.2, 0) is 35.6 Å². The number of nitrogens with zero attached hydrogens (tertiary/aromatic N) is 1. The highest BCUT2D eigenvalue weighted by Gasteiger charge is 2.35. The summed E-state index contributed by atoms with van der Waals surface area (Å²) in [4.78, 5) is 28.4. The summed E-state index contributed by atoms with van der Waals surface area (Å²) in [6.07, 6.45) is -2.81. The number of aliphatic hydroxyl groups excluding tert-OH is 2. The average Bonchev–Trinajstić information content (AvgIpc) is 3.43. The van der Waals surface area contributed by atoms with Crippen LogP contribution in [0.3, 0.4) is 0 Å². The molecule has 4 rings (SSSR count). The third kappa shape index (κ3) is 5.02. The minimum Gasteiger partial charge on any atom is -0.380 e. The number of nitrogens with one attached hydrogen (secondary N) is 1. The molecule has 1 aromatic heterocycles. The second-order valence-electron chi connectivity index (χ2n) is 7.60. The highest BCUT2D eigenvalue weighted by atomic mass is 32.1. The third-order valence-electron chi connectivity index (χ3n) is 5.35. The zero-order chi connectivity index (χ0) is 21.8. The van der Waals surface area contributed by atoms with E-state index in [9.17, 15) is 19.8 Å². The number of benzene rings is 2. The molecule has 2 heterocycles. The largest absolute Gasteiger partial charge is 0.380 e. The Morgan fingerprint density at radius 3 is 2.16 bits per heavy atom. The number of fused-ring (bicyclic) bond motifs is 1. The lowest BCUT2D eigenvalue weighted by Gasteiger charge is -2.22. The minimum atomic E-state index is -1.82. The quantitative estimate of drug-likeness (QED) is 0.530. The summed E-state index contributed by atoms with van der Waals surface area (Å²) in [6.45, 7) is 0.949. The number of hydrogen-bond donors (Lipinski definition) is 3. The molecule has 0 radical (unpaired) electrons. The Morgan fingerprint density at radius 2 is 1.48 bits per heavy atom. The molecule has 2 atom stereocenters. The van der Waals surface area contributed by atoms with Gasteiger partial charge in [0.1, 0.15) is 0 Å². The van der Waals surface area contributed by atoms with Crippen LogP contribution in [0.15, 0.2) is 66.7 Å². The van der Waals surface area contributed by atoms with E-state index in [4.69, 9.17) is 0 Å². The van der Waals surface area contributed by atoms with Gasteiger partial charge >= 0.3 is 0 Å². The van der Waals surface area contributed by atoms with Crippen molar-refractivity contribution in [3.63, 3.8) is 0 Å². The molecule has 0 spiro atoms. The van der Waals surface area contributed by atoms with Gasteiger partial charge in [-0.15, -0.1) is 11.3 Å². The standard InChI is InChI=1S/C24H24N2O4S/c27-21(22(28)24(30)26-14-17-8-4-5-9-18(17)15-26)23(29)25-13-20-11-10-19(31-20)12-16-6-2-1-3-7-16/h1-11,21-22,27-28H,12-15H2,(H,25,29)/t21-,22-/m1/s1. The maximum Gasteiger partial charge on any atom is 0.255 e. The topological polar surface area (TPSA) is 89.9 Å². The molecule has 1 aliphatic heterocycles. The summed E-state index contributed by atoms with van der Waals surface area (Å²) in [5.41, 5.74) is 3.22. The Hall–Kier alpha value is -3.00. The molecule has 1 aliphatic rings. The van der Waals surface area contributed by atoms with Gasteiger partial charge in [-0.3, -0.25) is 9.59 Å². The molecule has 7 heteroatoms. The predicted octanol–water partition coefficient (Wildman–Crippen LogP) is 2.22. The van der Waals surface area contributed by atoms with Gasteiger partial charge in [0.05, 0.1) is 6.54 Å². The fourth-order valence-corrected chi connectivity index (χ4v) is 4.63. The second-order valence-corrected chi connectivity index (χ2v) is 8.85. The zero-order valence-electron chi connectivity index (χ0n) is 16.9. The molecule has 0 unspecified atom stereocenters. The SMILES string of the molecule is O=C(NCc1ccc(Cc2ccccc2)s1)[C@H](O)[C@@H](O)C(=O)N1Cc2ccccc2C1. The van der Waals surface area contributed by atoms with Crippen LogP contribution in [0.2, 0.25) is 0 Å². The van der Waals surface area contributed by atoms with E-state index >= 15 is 0 Å². The number of amides is 2. The van der Waals surface area contributed by atoms with Crippen molar-refractivity contribution in [2.24, 2.45) is 0 Å². The highest BCUT2D eigenvalue weighted by Crippen LogP contribution is 2.23. The third-order valence-corrected chi connectivity index (χ3v) is 6.43. The van der Waals surface area contributed by atoms with E-state index in [1.165, 1.54) is 15.3 Å². The van der Waals surface area contributed by atoms with Gasteiger partial charge in [-0.1, -0.05) is 54.6 Å². The van der Waals surface area contributed by atoms with Crippen LogP contribution in [0.5, 0.6) is 0 Å². The van der Waals surface area contributed by atoms with E-state index in [-0.39, 0.29) is 6.54 Å². The lowest BCUT2D eigenvalue weighted by molar-refractivity contribution is -0.153. The van der Waals surface area contributed by atoms with Crippen molar-refractivity contribution in [2.45, 2.75) is 38.3 Å². The molecule has 3 aromatic rings. The van der Waals surface area contributed by atoms with E-state index < -0.39 is 24.0 Å². The molecule has 2 amide bonds. The Labute approximate surface area is 184 Å². The first kappa shape index (κ1) is 21.2. The Bertz CT molecular complexity index is 1040. The molecular weight excluding hydrogens is 412 g/mol. The molecule has 6 nitrogen and oxygen atoms in total. The number of thiophene rings is 1. The van der Waals surface area contributed by atoms with Crippen LogP contribution in [0.25, 0.3) is 0 Å². The molecule has 0 saturated heterocycles. The van der Waals surface area contributed by atoms with E-state index in [1.807, 2.05) is 54.6 Å². The summed E-state index contributed by atoms with van der Waals surface area (Å²) in [6, 6.07) is 21.7. The van der Waals surface area contributed by atoms with Gasteiger partial charge < -0.3 is 20.4 Å². The Kier molecular flexibility index (Phi) is 6.46. The average molecular weight is 437 g/mol. The molecule has 2 aromatic carbocycles. The van der Waals surface area contributed by atoms with Crippen molar-refractivity contribution < 1.29 is 19.8 Å². The van der Waals surface area contributed by atoms with Crippen LogP contribution in [-0.4, -0.2) is 39.1 Å². The van der Waals surface area contributed by atoms with Gasteiger partial charge in [0.25, 0.3) is 11.8 Å².